The summed E-state index contributed by atoms with van der Waals surface area (Å²) in [5.74, 6) is -0.0844. The minimum atomic E-state index is -0.342. The molecular weight excluding hydrogens is 378 g/mol. The molecule has 5 rings (SSSR count). The molecule has 0 saturated carbocycles. The first-order valence-corrected chi connectivity index (χ1v) is 9.56. The van der Waals surface area contributed by atoms with Gasteiger partial charge in [-0.3, -0.25) is 4.79 Å². The SMILES string of the molecule is O=C(Cc1ccc(F)cc1)C[C@@H]1c2nnnn2C[C@H]1c1cc2c(cc1F)OCC2. The molecule has 0 saturated heterocycles. The highest BCUT2D eigenvalue weighted by molar-refractivity contribution is 5.81. The molecule has 8 heteroatoms. The Morgan fingerprint density at radius 3 is 2.86 bits per heavy atom. The molecule has 2 aliphatic rings. The normalized spacial score (nSPS) is 19.7. The molecule has 0 unspecified atom stereocenters. The van der Waals surface area contributed by atoms with Gasteiger partial charge in [-0.05, 0) is 45.3 Å². The zero-order chi connectivity index (χ0) is 20.0. The van der Waals surface area contributed by atoms with Crippen molar-refractivity contribution in [2.75, 3.05) is 6.61 Å². The molecule has 0 aliphatic carbocycles. The number of nitrogens with zero attached hydrogens (tertiary/aromatic N) is 4. The summed E-state index contributed by atoms with van der Waals surface area (Å²) in [7, 11) is 0. The van der Waals surface area contributed by atoms with Crippen LogP contribution in [0.3, 0.4) is 0 Å². The van der Waals surface area contributed by atoms with Crippen LogP contribution in [0.4, 0.5) is 8.78 Å². The van der Waals surface area contributed by atoms with E-state index < -0.39 is 0 Å². The molecule has 0 amide bonds. The Bertz CT molecular complexity index is 1080. The Labute approximate surface area is 165 Å². The second-order valence-corrected chi connectivity index (χ2v) is 7.56. The van der Waals surface area contributed by atoms with Gasteiger partial charge in [0.2, 0.25) is 0 Å². The molecule has 3 aromatic rings. The number of carbonyl (C=O) groups is 1. The number of ether oxygens (including phenoxy) is 1. The number of aromatic nitrogens is 4. The third kappa shape index (κ3) is 3.28. The highest BCUT2D eigenvalue weighted by atomic mass is 19.1. The summed E-state index contributed by atoms with van der Waals surface area (Å²) in [4.78, 5) is 12.7. The molecule has 1 aromatic heterocycles. The van der Waals surface area contributed by atoms with E-state index in [0.717, 1.165) is 17.5 Å². The van der Waals surface area contributed by atoms with E-state index in [0.29, 0.717) is 30.3 Å². The van der Waals surface area contributed by atoms with Crippen molar-refractivity contribution >= 4 is 5.78 Å². The fraction of sp³-hybridized carbons (Fsp3) is 0.333. The summed E-state index contributed by atoms with van der Waals surface area (Å²) < 4.78 is 35.0. The summed E-state index contributed by atoms with van der Waals surface area (Å²) in [6, 6.07) is 9.15. The number of benzene rings is 2. The number of hydrogen-bond donors (Lipinski definition) is 0. The van der Waals surface area contributed by atoms with Crippen molar-refractivity contribution in [2.45, 2.75) is 37.6 Å². The van der Waals surface area contributed by atoms with Crippen LogP contribution in [0.5, 0.6) is 5.75 Å². The van der Waals surface area contributed by atoms with Gasteiger partial charge in [-0.25, -0.2) is 13.5 Å². The quantitative estimate of drug-likeness (QED) is 0.663. The molecule has 0 bridgehead atoms. The molecule has 2 aliphatic heterocycles. The third-order valence-electron chi connectivity index (χ3n) is 5.72. The van der Waals surface area contributed by atoms with Crippen LogP contribution in [0.15, 0.2) is 36.4 Å². The zero-order valence-electron chi connectivity index (χ0n) is 15.5. The average Bonchev–Trinajstić information content (AvgIpc) is 3.40. The number of Topliss-reactive ketones (excluding diaryl/α,β-unsaturated/α-hetero) is 1. The van der Waals surface area contributed by atoms with Gasteiger partial charge in [-0.1, -0.05) is 12.1 Å². The lowest BCUT2D eigenvalue weighted by atomic mass is 9.83. The van der Waals surface area contributed by atoms with Crippen LogP contribution < -0.4 is 4.74 Å². The van der Waals surface area contributed by atoms with E-state index in [1.165, 1.54) is 18.2 Å². The molecule has 148 valence electrons. The zero-order valence-corrected chi connectivity index (χ0v) is 15.5. The van der Waals surface area contributed by atoms with Gasteiger partial charge in [0, 0.05) is 37.2 Å². The second-order valence-electron chi connectivity index (χ2n) is 7.56. The summed E-state index contributed by atoms with van der Waals surface area (Å²) in [6.07, 6.45) is 1.12. The van der Waals surface area contributed by atoms with E-state index in [4.69, 9.17) is 4.74 Å². The summed E-state index contributed by atoms with van der Waals surface area (Å²) in [5.41, 5.74) is 2.28. The van der Waals surface area contributed by atoms with Gasteiger partial charge in [0.15, 0.2) is 5.82 Å². The van der Waals surface area contributed by atoms with Crippen LogP contribution in [-0.4, -0.2) is 32.6 Å². The molecule has 6 nitrogen and oxygen atoms in total. The number of carbonyl (C=O) groups excluding carboxylic acids is 1. The minimum absolute atomic E-state index is 0.0204. The van der Waals surface area contributed by atoms with Crippen LogP contribution in [0, 0.1) is 11.6 Å². The largest absolute Gasteiger partial charge is 0.493 e. The minimum Gasteiger partial charge on any atom is -0.493 e. The van der Waals surface area contributed by atoms with Crippen LogP contribution in [-0.2, 0) is 24.2 Å². The van der Waals surface area contributed by atoms with Crippen molar-refractivity contribution < 1.29 is 18.3 Å². The van der Waals surface area contributed by atoms with E-state index in [2.05, 4.69) is 15.5 Å². The summed E-state index contributed by atoms with van der Waals surface area (Å²) in [6.45, 7) is 0.975. The van der Waals surface area contributed by atoms with Crippen LogP contribution in [0.1, 0.15) is 40.8 Å². The molecule has 0 spiro atoms. The van der Waals surface area contributed by atoms with E-state index in [-0.39, 0.29) is 42.1 Å². The first kappa shape index (κ1) is 17.9. The van der Waals surface area contributed by atoms with Crippen molar-refractivity contribution in [3.8, 4) is 5.75 Å². The maximum atomic E-state index is 14.9. The molecule has 2 atom stereocenters. The molecule has 0 radical (unpaired) electrons. The van der Waals surface area contributed by atoms with Gasteiger partial charge >= 0.3 is 0 Å². The van der Waals surface area contributed by atoms with E-state index in [1.807, 2.05) is 6.07 Å². The number of rotatable bonds is 5. The van der Waals surface area contributed by atoms with E-state index in [1.54, 1.807) is 16.8 Å². The number of ketones is 1. The molecule has 3 heterocycles. The second kappa shape index (κ2) is 7.02. The standard InChI is InChI=1S/C21H18F2N4O2/c22-14-3-1-12(2-4-14)7-15(28)9-17-18(11-27-21(17)24-25-26-27)16-8-13-5-6-29-20(13)10-19(16)23/h1-4,8,10,17-18H,5-7,9,11H2/t17-,18-/m0/s1. The van der Waals surface area contributed by atoms with Crippen LogP contribution >= 0.6 is 0 Å². The van der Waals surface area contributed by atoms with Crippen molar-refractivity contribution in [3.05, 3.63) is 70.5 Å². The predicted octanol–water partition coefficient (Wildman–Crippen LogP) is 2.97. The molecule has 29 heavy (non-hydrogen) atoms. The Morgan fingerprint density at radius 2 is 2.03 bits per heavy atom. The fourth-order valence-corrected chi connectivity index (χ4v) is 4.30. The highest BCUT2D eigenvalue weighted by Crippen LogP contribution is 2.44. The number of halogens is 2. The monoisotopic (exact) mass is 396 g/mol. The van der Waals surface area contributed by atoms with Gasteiger partial charge in [0.05, 0.1) is 13.2 Å². The number of fused-ring (bicyclic) bond motifs is 2. The van der Waals surface area contributed by atoms with Gasteiger partial charge in [-0.15, -0.1) is 5.10 Å². The first-order chi connectivity index (χ1) is 14.1. The van der Waals surface area contributed by atoms with Gasteiger partial charge in [0.1, 0.15) is 23.2 Å². The Hall–Kier alpha value is -3.16. The van der Waals surface area contributed by atoms with Gasteiger partial charge in [-0.2, -0.15) is 0 Å². The Kier molecular flexibility index (Phi) is 4.34. The van der Waals surface area contributed by atoms with Gasteiger partial charge < -0.3 is 4.74 Å². The average molecular weight is 396 g/mol. The predicted molar refractivity (Wildman–Crippen MR) is 98.6 cm³/mol. The lowest BCUT2D eigenvalue weighted by Gasteiger charge is -2.19. The molecule has 2 aromatic carbocycles. The topological polar surface area (TPSA) is 69.9 Å². The van der Waals surface area contributed by atoms with Crippen molar-refractivity contribution in [2.24, 2.45) is 0 Å². The lowest BCUT2D eigenvalue weighted by Crippen LogP contribution is -2.15. The summed E-state index contributed by atoms with van der Waals surface area (Å²) in [5, 5.41) is 11.8. The molecular formula is C21H18F2N4O2. The third-order valence-corrected chi connectivity index (χ3v) is 5.72. The maximum Gasteiger partial charge on any atom is 0.155 e. The fourth-order valence-electron chi connectivity index (χ4n) is 4.30. The van der Waals surface area contributed by atoms with Crippen molar-refractivity contribution in [3.63, 3.8) is 0 Å². The number of tetrazole rings is 1. The highest BCUT2D eigenvalue weighted by Gasteiger charge is 2.39. The molecule has 0 fully saturated rings. The first-order valence-electron chi connectivity index (χ1n) is 9.56. The smallest absolute Gasteiger partial charge is 0.155 e. The van der Waals surface area contributed by atoms with Crippen LogP contribution in [0.25, 0.3) is 0 Å². The maximum absolute atomic E-state index is 14.9. The Balaban J connectivity index is 1.42. The van der Waals surface area contributed by atoms with Crippen LogP contribution in [0.2, 0.25) is 0 Å². The van der Waals surface area contributed by atoms with Crippen molar-refractivity contribution in [1.29, 1.82) is 0 Å². The number of hydrogen-bond acceptors (Lipinski definition) is 5. The summed E-state index contributed by atoms with van der Waals surface area (Å²) >= 11 is 0. The van der Waals surface area contributed by atoms with Gasteiger partial charge in [0.25, 0.3) is 0 Å². The Morgan fingerprint density at radius 1 is 1.21 bits per heavy atom. The lowest BCUT2D eigenvalue weighted by molar-refractivity contribution is -0.118. The molecule has 0 N–H and O–H groups in total. The van der Waals surface area contributed by atoms with E-state index >= 15 is 0 Å². The van der Waals surface area contributed by atoms with E-state index in [9.17, 15) is 13.6 Å². The van der Waals surface area contributed by atoms with Crippen molar-refractivity contribution in [1.82, 2.24) is 20.2 Å².